The topological polar surface area (TPSA) is 89.6 Å². The molecule has 0 atom stereocenters. The Bertz CT molecular complexity index is 731. The summed E-state index contributed by atoms with van der Waals surface area (Å²) in [6.45, 7) is 0. The lowest BCUT2D eigenvalue weighted by Crippen LogP contribution is -2.13. The van der Waals surface area contributed by atoms with Gasteiger partial charge in [-0.25, -0.2) is 13.6 Å². The minimum absolute atomic E-state index is 0.162. The first-order chi connectivity index (χ1) is 9.90. The van der Waals surface area contributed by atoms with Crippen molar-refractivity contribution in [3.8, 4) is 11.5 Å². The molecule has 0 aliphatic rings. The van der Waals surface area contributed by atoms with Gasteiger partial charge in [-0.15, -0.1) is 0 Å². The Labute approximate surface area is 117 Å². The van der Waals surface area contributed by atoms with Crippen molar-refractivity contribution in [2.24, 2.45) is 5.73 Å². The summed E-state index contributed by atoms with van der Waals surface area (Å²) in [6, 6.07) is 6.43. The van der Waals surface area contributed by atoms with Gasteiger partial charge in [-0.1, -0.05) is 6.07 Å². The van der Waals surface area contributed by atoms with Gasteiger partial charge in [-0.05, 0) is 24.3 Å². The zero-order valence-corrected chi connectivity index (χ0v) is 10.5. The van der Waals surface area contributed by atoms with Crippen molar-refractivity contribution in [3.63, 3.8) is 0 Å². The Morgan fingerprint density at radius 1 is 1.05 bits per heavy atom. The molecule has 108 valence electrons. The Hall–Kier alpha value is -2.96. The predicted molar refractivity (Wildman–Crippen MR) is 68.4 cm³/mol. The number of carboxylic acid groups (broad SMARTS) is 1. The van der Waals surface area contributed by atoms with Gasteiger partial charge in [0.15, 0.2) is 11.6 Å². The van der Waals surface area contributed by atoms with Crippen LogP contribution >= 0.6 is 0 Å². The van der Waals surface area contributed by atoms with E-state index in [1.807, 2.05) is 0 Å². The predicted octanol–water partition coefficient (Wildman–Crippen LogP) is 2.55. The maximum Gasteiger partial charge on any atom is 0.339 e. The molecule has 21 heavy (non-hydrogen) atoms. The van der Waals surface area contributed by atoms with Gasteiger partial charge in [0.2, 0.25) is 0 Å². The van der Waals surface area contributed by atoms with Crippen LogP contribution in [0.15, 0.2) is 36.4 Å². The van der Waals surface area contributed by atoms with Crippen LogP contribution in [0.2, 0.25) is 0 Å². The molecule has 0 heterocycles. The van der Waals surface area contributed by atoms with E-state index in [4.69, 9.17) is 15.6 Å². The molecule has 1 amide bonds. The molecule has 0 saturated carbocycles. The lowest BCUT2D eigenvalue weighted by atomic mass is 10.1. The van der Waals surface area contributed by atoms with Crippen molar-refractivity contribution >= 4 is 11.9 Å². The number of ether oxygens (including phenoxy) is 1. The second kappa shape index (κ2) is 5.58. The highest BCUT2D eigenvalue weighted by atomic mass is 19.1. The number of carbonyl (C=O) groups is 2. The van der Waals surface area contributed by atoms with E-state index in [2.05, 4.69) is 0 Å². The third-order valence-corrected chi connectivity index (χ3v) is 2.62. The number of hydrogen-bond acceptors (Lipinski definition) is 3. The number of halogens is 2. The minimum atomic E-state index is -1.39. The first-order valence-corrected chi connectivity index (χ1v) is 5.69. The van der Waals surface area contributed by atoms with Gasteiger partial charge in [0.25, 0.3) is 5.91 Å². The summed E-state index contributed by atoms with van der Waals surface area (Å²) < 4.78 is 32.3. The highest BCUT2D eigenvalue weighted by Crippen LogP contribution is 2.29. The Morgan fingerprint density at radius 3 is 2.33 bits per heavy atom. The molecule has 0 radical (unpaired) electrons. The Balaban J connectivity index is 2.41. The van der Waals surface area contributed by atoms with E-state index >= 15 is 0 Å². The highest BCUT2D eigenvalue weighted by molar-refractivity contribution is 5.93. The van der Waals surface area contributed by atoms with Gasteiger partial charge in [-0.2, -0.15) is 0 Å². The van der Waals surface area contributed by atoms with Crippen molar-refractivity contribution in [1.29, 1.82) is 0 Å². The van der Waals surface area contributed by atoms with Crippen LogP contribution in [0, 0.1) is 11.6 Å². The van der Waals surface area contributed by atoms with Crippen molar-refractivity contribution < 1.29 is 28.2 Å². The SMILES string of the molecule is NC(=O)c1ccc(Oc2c(F)cccc2C(=O)O)cc1F. The summed E-state index contributed by atoms with van der Waals surface area (Å²) in [5.74, 6) is -4.92. The second-order valence-electron chi connectivity index (χ2n) is 4.03. The Morgan fingerprint density at radius 2 is 1.76 bits per heavy atom. The van der Waals surface area contributed by atoms with Crippen molar-refractivity contribution in [1.82, 2.24) is 0 Å². The van der Waals surface area contributed by atoms with Crippen LogP contribution < -0.4 is 10.5 Å². The van der Waals surface area contributed by atoms with Gasteiger partial charge in [0.05, 0.1) is 5.56 Å². The number of rotatable bonds is 4. The fourth-order valence-electron chi connectivity index (χ4n) is 1.66. The largest absolute Gasteiger partial charge is 0.478 e. The van der Waals surface area contributed by atoms with E-state index in [0.29, 0.717) is 0 Å². The number of hydrogen-bond donors (Lipinski definition) is 2. The molecule has 2 rings (SSSR count). The number of para-hydroxylation sites is 1. The first kappa shape index (κ1) is 14.4. The van der Waals surface area contributed by atoms with Gasteiger partial charge >= 0.3 is 5.97 Å². The van der Waals surface area contributed by atoms with E-state index in [1.165, 1.54) is 12.1 Å². The molecule has 0 aromatic heterocycles. The van der Waals surface area contributed by atoms with Crippen molar-refractivity contribution in [2.75, 3.05) is 0 Å². The zero-order valence-electron chi connectivity index (χ0n) is 10.5. The molecule has 0 unspecified atom stereocenters. The highest BCUT2D eigenvalue weighted by Gasteiger charge is 2.17. The molecule has 7 heteroatoms. The molecule has 0 spiro atoms. The fraction of sp³-hybridized carbons (Fsp3) is 0. The quantitative estimate of drug-likeness (QED) is 0.906. The molecule has 2 aromatic carbocycles. The van der Waals surface area contributed by atoms with Crippen LogP contribution in [0.25, 0.3) is 0 Å². The number of benzene rings is 2. The average molecular weight is 293 g/mol. The van der Waals surface area contributed by atoms with Gasteiger partial charge < -0.3 is 15.6 Å². The number of nitrogens with two attached hydrogens (primary N) is 1. The smallest absolute Gasteiger partial charge is 0.339 e. The van der Waals surface area contributed by atoms with Crippen molar-refractivity contribution in [2.45, 2.75) is 0 Å². The lowest BCUT2D eigenvalue weighted by molar-refractivity contribution is 0.0693. The molecule has 5 nitrogen and oxygen atoms in total. The molecular formula is C14H9F2NO4. The third kappa shape index (κ3) is 2.97. The van der Waals surface area contributed by atoms with Crippen LogP contribution in [-0.2, 0) is 0 Å². The number of primary amides is 1. The normalized spacial score (nSPS) is 10.2. The molecule has 2 aromatic rings. The fourth-order valence-corrected chi connectivity index (χ4v) is 1.66. The third-order valence-electron chi connectivity index (χ3n) is 2.62. The van der Waals surface area contributed by atoms with Crippen LogP contribution in [0.4, 0.5) is 8.78 Å². The summed E-state index contributed by atoms with van der Waals surface area (Å²) in [7, 11) is 0. The van der Waals surface area contributed by atoms with Crippen LogP contribution in [-0.4, -0.2) is 17.0 Å². The first-order valence-electron chi connectivity index (χ1n) is 5.69. The Kier molecular flexibility index (Phi) is 3.84. The minimum Gasteiger partial charge on any atom is -0.478 e. The average Bonchev–Trinajstić information content (AvgIpc) is 2.40. The van der Waals surface area contributed by atoms with E-state index in [-0.39, 0.29) is 11.3 Å². The van der Waals surface area contributed by atoms with Gasteiger partial charge in [0.1, 0.15) is 17.1 Å². The van der Waals surface area contributed by atoms with Gasteiger partial charge in [-0.3, -0.25) is 4.79 Å². The molecule has 0 saturated heterocycles. The molecule has 3 N–H and O–H groups in total. The van der Waals surface area contributed by atoms with Gasteiger partial charge in [0, 0.05) is 6.07 Å². The number of carboxylic acids is 1. The van der Waals surface area contributed by atoms with Crippen LogP contribution in [0.5, 0.6) is 11.5 Å². The van der Waals surface area contributed by atoms with Crippen LogP contribution in [0.1, 0.15) is 20.7 Å². The molecule has 0 fully saturated rings. The summed E-state index contributed by atoms with van der Waals surface area (Å²) in [6.07, 6.45) is 0. The molecule has 0 bridgehead atoms. The standard InChI is InChI=1S/C14H9F2NO4/c15-10-3-1-2-9(14(19)20)12(10)21-7-4-5-8(13(17)18)11(16)6-7/h1-6H,(H2,17,18)(H,19,20). The van der Waals surface area contributed by atoms with Crippen LogP contribution in [0.3, 0.4) is 0 Å². The molecule has 0 aliphatic heterocycles. The van der Waals surface area contributed by atoms with Crippen molar-refractivity contribution in [3.05, 3.63) is 59.2 Å². The van der Waals surface area contributed by atoms with E-state index in [9.17, 15) is 18.4 Å². The maximum absolute atomic E-state index is 13.6. The second-order valence-corrected chi connectivity index (χ2v) is 4.03. The van der Waals surface area contributed by atoms with E-state index in [1.54, 1.807) is 0 Å². The number of amides is 1. The summed E-state index contributed by atoms with van der Waals surface area (Å²) in [5.41, 5.74) is 4.19. The summed E-state index contributed by atoms with van der Waals surface area (Å²) in [4.78, 5) is 21.9. The monoisotopic (exact) mass is 293 g/mol. The zero-order chi connectivity index (χ0) is 15.6. The maximum atomic E-state index is 13.6. The van der Waals surface area contributed by atoms with E-state index < -0.39 is 34.8 Å². The summed E-state index contributed by atoms with van der Waals surface area (Å²) >= 11 is 0. The lowest BCUT2D eigenvalue weighted by Gasteiger charge is -2.10. The number of aromatic carboxylic acids is 1. The summed E-state index contributed by atoms with van der Waals surface area (Å²) in [5, 5.41) is 8.96. The van der Waals surface area contributed by atoms with E-state index in [0.717, 1.165) is 24.3 Å². The number of carbonyl (C=O) groups excluding carboxylic acids is 1. The molecular weight excluding hydrogens is 284 g/mol. The molecule has 0 aliphatic carbocycles.